The molecule has 0 amide bonds. The molecule has 0 saturated heterocycles. The molecule has 0 fully saturated rings. The fourth-order valence-corrected chi connectivity index (χ4v) is 1.67. The first-order chi connectivity index (χ1) is 8.24. The Morgan fingerprint density at radius 2 is 2.24 bits per heavy atom. The molecule has 0 aliphatic rings. The Labute approximate surface area is 105 Å². The van der Waals surface area contributed by atoms with Crippen molar-refractivity contribution < 1.29 is 14.3 Å². The summed E-state index contributed by atoms with van der Waals surface area (Å²) in [6, 6.07) is 8.92. The second-order valence-electron chi connectivity index (χ2n) is 3.76. The van der Waals surface area contributed by atoms with Crippen LogP contribution in [0.3, 0.4) is 0 Å². The molecule has 1 heterocycles. The van der Waals surface area contributed by atoms with Gasteiger partial charge in [-0.05, 0) is 29.8 Å². The number of benzene rings is 1. The van der Waals surface area contributed by atoms with Gasteiger partial charge in [-0.1, -0.05) is 17.7 Å². The van der Waals surface area contributed by atoms with E-state index < -0.39 is 6.10 Å². The number of aliphatic hydroxyl groups excluding tert-OH is 1. The lowest BCUT2D eigenvalue weighted by Gasteiger charge is -2.11. The van der Waals surface area contributed by atoms with Gasteiger partial charge in [-0.25, -0.2) is 0 Å². The monoisotopic (exact) mass is 252 g/mol. The van der Waals surface area contributed by atoms with Gasteiger partial charge < -0.3 is 14.3 Å². The van der Waals surface area contributed by atoms with E-state index in [1.165, 1.54) is 0 Å². The Kier molecular flexibility index (Phi) is 4.07. The molecule has 0 aliphatic carbocycles. The normalized spacial score (nSPS) is 12.4. The zero-order valence-corrected chi connectivity index (χ0v) is 9.93. The van der Waals surface area contributed by atoms with Crippen molar-refractivity contribution in [2.24, 2.45) is 0 Å². The molecule has 3 nitrogen and oxygen atoms in total. The van der Waals surface area contributed by atoms with Crippen LogP contribution in [0.15, 0.2) is 47.3 Å². The SMILES string of the molecule is OC(COc1cccc(Cl)c1)Cc1ccoc1. The minimum atomic E-state index is -0.563. The minimum Gasteiger partial charge on any atom is -0.491 e. The van der Waals surface area contributed by atoms with Gasteiger partial charge in [0.2, 0.25) is 0 Å². The third-order valence-corrected chi connectivity index (χ3v) is 2.52. The number of ether oxygens (including phenoxy) is 1. The van der Waals surface area contributed by atoms with Crippen molar-refractivity contribution in [3.05, 3.63) is 53.4 Å². The van der Waals surface area contributed by atoms with E-state index in [2.05, 4.69) is 0 Å². The predicted molar refractivity (Wildman–Crippen MR) is 65.4 cm³/mol. The molecule has 0 saturated carbocycles. The molecule has 1 aromatic heterocycles. The van der Waals surface area contributed by atoms with Gasteiger partial charge >= 0.3 is 0 Å². The molecule has 0 bridgehead atoms. The van der Waals surface area contributed by atoms with Gasteiger partial charge in [-0.15, -0.1) is 0 Å². The highest BCUT2D eigenvalue weighted by Crippen LogP contribution is 2.17. The first-order valence-electron chi connectivity index (χ1n) is 5.31. The molecule has 2 rings (SSSR count). The van der Waals surface area contributed by atoms with E-state index in [9.17, 15) is 5.11 Å². The summed E-state index contributed by atoms with van der Waals surface area (Å²) >= 11 is 5.82. The molecule has 1 aromatic carbocycles. The molecule has 1 N–H and O–H groups in total. The van der Waals surface area contributed by atoms with E-state index >= 15 is 0 Å². The van der Waals surface area contributed by atoms with Gasteiger partial charge in [0.05, 0.1) is 18.6 Å². The molecule has 4 heteroatoms. The van der Waals surface area contributed by atoms with Crippen LogP contribution in [0, 0.1) is 0 Å². The third-order valence-electron chi connectivity index (χ3n) is 2.29. The zero-order valence-electron chi connectivity index (χ0n) is 9.17. The van der Waals surface area contributed by atoms with E-state index in [0.717, 1.165) is 5.56 Å². The predicted octanol–water partition coefficient (Wildman–Crippen LogP) is 2.92. The number of rotatable bonds is 5. The first-order valence-corrected chi connectivity index (χ1v) is 5.69. The van der Waals surface area contributed by atoms with Crippen molar-refractivity contribution in [1.29, 1.82) is 0 Å². The summed E-state index contributed by atoms with van der Waals surface area (Å²) < 4.78 is 10.4. The van der Waals surface area contributed by atoms with Crippen molar-refractivity contribution in [1.82, 2.24) is 0 Å². The van der Waals surface area contributed by atoms with Gasteiger partial charge in [0.15, 0.2) is 0 Å². The van der Waals surface area contributed by atoms with Crippen molar-refractivity contribution in [3.8, 4) is 5.75 Å². The maximum atomic E-state index is 9.75. The van der Waals surface area contributed by atoms with E-state index in [4.69, 9.17) is 20.8 Å². The Morgan fingerprint density at radius 1 is 1.35 bits per heavy atom. The second kappa shape index (κ2) is 5.75. The number of halogens is 1. The van der Waals surface area contributed by atoms with E-state index in [0.29, 0.717) is 17.2 Å². The van der Waals surface area contributed by atoms with Crippen LogP contribution < -0.4 is 4.74 Å². The van der Waals surface area contributed by atoms with E-state index in [1.807, 2.05) is 6.07 Å². The number of furan rings is 1. The van der Waals surface area contributed by atoms with Gasteiger partial charge in [-0.2, -0.15) is 0 Å². The molecular formula is C13H13ClO3. The summed E-state index contributed by atoms with van der Waals surface area (Å²) in [6.45, 7) is 0.228. The number of aliphatic hydroxyl groups is 1. The van der Waals surface area contributed by atoms with Crippen molar-refractivity contribution >= 4 is 11.6 Å². The van der Waals surface area contributed by atoms with Crippen LogP contribution in [0.2, 0.25) is 5.02 Å². The molecule has 0 spiro atoms. The highest BCUT2D eigenvalue weighted by atomic mass is 35.5. The van der Waals surface area contributed by atoms with E-state index in [-0.39, 0.29) is 6.61 Å². The fraction of sp³-hybridized carbons (Fsp3) is 0.231. The van der Waals surface area contributed by atoms with Gasteiger partial charge in [0, 0.05) is 11.4 Å². The van der Waals surface area contributed by atoms with Gasteiger partial charge in [-0.3, -0.25) is 0 Å². The number of hydrogen-bond donors (Lipinski definition) is 1. The van der Waals surface area contributed by atoms with Crippen molar-refractivity contribution in [2.75, 3.05) is 6.61 Å². The Balaban J connectivity index is 1.82. The lowest BCUT2D eigenvalue weighted by Crippen LogP contribution is -2.19. The fourth-order valence-electron chi connectivity index (χ4n) is 1.49. The van der Waals surface area contributed by atoms with Crippen molar-refractivity contribution in [3.63, 3.8) is 0 Å². The van der Waals surface area contributed by atoms with Crippen LogP contribution in [-0.2, 0) is 6.42 Å². The molecule has 17 heavy (non-hydrogen) atoms. The quantitative estimate of drug-likeness (QED) is 0.890. The highest BCUT2D eigenvalue weighted by Gasteiger charge is 2.07. The summed E-state index contributed by atoms with van der Waals surface area (Å²) in [7, 11) is 0. The Hall–Kier alpha value is -1.45. The third kappa shape index (κ3) is 3.80. The van der Waals surface area contributed by atoms with Crippen LogP contribution >= 0.6 is 11.6 Å². The molecule has 2 aromatic rings. The molecule has 1 atom stereocenters. The second-order valence-corrected chi connectivity index (χ2v) is 4.19. The van der Waals surface area contributed by atoms with Gasteiger partial charge in [0.25, 0.3) is 0 Å². The molecule has 0 aliphatic heterocycles. The van der Waals surface area contributed by atoms with Crippen LogP contribution in [0.25, 0.3) is 0 Å². The summed E-state index contributed by atoms with van der Waals surface area (Å²) in [6.07, 6.45) is 3.14. The summed E-state index contributed by atoms with van der Waals surface area (Å²) in [5.41, 5.74) is 0.951. The topological polar surface area (TPSA) is 42.6 Å². The molecule has 1 unspecified atom stereocenters. The smallest absolute Gasteiger partial charge is 0.120 e. The van der Waals surface area contributed by atoms with Crippen molar-refractivity contribution in [2.45, 2.75) is 12.5 Å². The van der Waals surface area contributed by atoms with E-state index in [1.54, 1.807) is 36.8 Å². The molecule has 0 radical (unpaired) electrons. The molecular weight excluding hydrogens is 240 g/mol. The van der Waals surface area contributed by atoms with Crippen LogP contribution in [0.4, 0.5) is 0 Å². The maximum absolute atomic E-state index is 9.75. The molecule has 90 valence electrons. The highest BCUT2D eigenvalue weighted by molar-refractivity contribution is 6.30. The summed E-state index contributed by atoms with van der Waals surface area (Å²) in [5, 5.41) is 10.4. The zero-order chi connectivity index (χ0) is 12.1. The Morgan fingerprint density at radius 3 is 2.94 bits per heavy atom. The van der Waals surface area contributed by atoms with Crippen LogP contribution in [0.5, 0.6) is 5.75 Å². The van der Waals surface area contributed by atoms with Gasteiger partial charge in [0.1, 0.15) is 12.4 Å². The van der Waals surface area contributed by atoms with Crippen LogP contribution in [0.1, 0.15) is 5.56 Å². The average Bonchev–Trinajstić information content (AvgIpc) is 2.79. The number of hydrogen-bond acceptors (Lipinski definition) is 3. The largest absolute Gasteiger partial charge is 0.491 e. The van der Waals surface area contributed by atoms with Crippen LogP contribution in [-0.4, -0.2) is 17.8 Å². The lowest BCUT2D eigenvalue weighted by atomic mass is 10.1. The standard InChI is InChI=1S/C13H13ClO3/c14-11-2-1-3-13(7-11)17-9-12(15)6-10-4-5-16-8-10/h1-5,7-8,12,15H,6,9H2. The minimum absolute atomic E-state index is 0.228. The maximum Gasteiger partial charge on any atom is 0.120 e. The lowest BCUT2D eigenvalue weighted by molar-refractivity contribution is 0.107. The first kappa shape index (κ1) is 12.0. The Bertz CT molecular complexity index is 453. The summed E-state index contributed by atoms with van der Waals surface area (Å²) in [4.78, 5) is 0. The average molecular weight is 253 g/mol. The summed E-state index contributed by atoms with van der Waals surface area (Å²) in [5.74, 6) is 0.656.